The fraction of sp³-hybridized carbons (Fsp3) is 0.333. The molecular weight excluding hydrogens is 254 g/mol. The Morgan fingerprint density at radius 1 is 1.05 bits per heavy atom. The monoisotopic (exact) mass is 269 g/mol. The molecule has 1 amide bonds. The van der Waals surface area contributed by atoms with Gasteiger partial charge in [0.2, 0.25) is 5.75 Å². The molecule has 1 aromatic rings. The molecule has 0 aliphatic carbocycles. The lowest BCUT2D eigenvalue weighted by Crippen LogP contribution is -2.21. The van der Waals surface area contributed by atoms with Gasteiger partial charge in [-0.1, -0.05) is 0 Å². The van der Waals surface area contributed by atoms with Crippen molar-refractivity contribution in [3.63, 3.8) is 0 Å². The fourth-order valence-corrected chi connectivity index (χ4v) is 1.48. The number of rotatable bonds is 6. The summed E-state index contributed by atoms with van der Waals surface area (Å²) >= 11 is 0. The zero-order chi connectivity index (χ0) is 14.4. The molecule has 1 aromatic carbocycles. The lowest BCUT2D eigenvalue weighted by atomic mass is 10.1. The van der Waals surface area contributed by atoms with Crippen LogP contribution in [0, 0.1) is 0 Å². The van der Waals surface area contributed by atoms with Crippen molar-refractivity contribution >= 4 is 11.9 Å². The van der Waals surface area contributed by atoms with Crippen LogP contribution in [-0.2, 0) is 9.53 Å². The van der Waals surface area contributed by atoms with E-state index < -0.39 is 18.5 Å². The summed E-state index contributed by atoms with van der Waals surface area (Å²) in [5.74, 6) is -0.648. The van der Waals surface area contributed by atoms with Crippen LogP contribution in [0.3, 0.4) is 0 Å². The minimum absolute atomic E-state index is 0.112. The average molecular weight is 269 g/mol. The van der Waals surface area contributed by atoms with Crippen molar-refractivity contribution in [1.82, 2.24) is 0 Å². The van der Waals surface area contributed by atoms with Gasteiger partial charge in [0, 0.05) is 0 Å². The molecule has 0 heterocycles. The van der Waals surface area contributed by atoms with Crippen molar-refractivity contribution in [3.8, 4) is 17.2 Å². The van der Waals surface area contributed by atoms with Crippen LogP contribution < -0.4 is 19.9 Å². The first-order valence-electron chi connectivity index (χ1n) is 5.29. The van der Waals surface area contributed by atoms with Crippen LogP contribution >= 0.6 is 0 Å². The molecule has 104 valence electrons. The third-order valence-electron chi connectivity index (χ3n) is 2.27. The number of esters is 1. The Bertz CT molecular complexity index is 485. The molecule has 19 heavy (non-hydrogen) atoms. The highest BCUT2D eigenvalue weighted by Crippen LogP contribution is 2.39. The summed E-state index contributed by atoms with van der Waals surface area (Å²) in [5, 5.41) is 0. The molecule has 0 radical (unpaired) electrons. The van der Waals surface area contributed by atoms with Crippen LogP contribution in [0.25, 0.3) is 0 Å². The normalized spacial score (nSPS) is 9.63. The molecule has 0 saturated heterocycles. The van der Waals surface area contributed by atoms with E-state index in [1.54, 1.807) is 0 Å². The number of amides is 1. The number of hydrogen-bond donors (Lipinski definition) is 1. The van der Waals surface area contributed by atoms with E-state index in [0.717, 1.165) is 0 Å². The summed E-state index contributed by atoms with van der Waals surface area (Å²) in [6.07, 6.45) is 0. The lowest BCUT2D eigenvalue weighted by molar-refractivity contribution is -0.121. The van der Waals surface area contributed by atoms with E-state index in [1.165, 1.54) is 33.5 Å². The summed E-state index contributed by atoms with van der Waals surface area (Å²) in [6, 6.07) is 2.98. The minimum Gasteiger partial charge on any atom is -0.493 e. The summed E-state index contributed by atoms with van der Waals surface area (Å²) in [5.41, 5.74) is 5.01. The Morgan fingerprint density at radius 2 is 1.68 bits per heavy atom. The van der Waals surface area contributed by atoms with E-state index in [2.05, 4.69) is 0 Å². The highest BCUT2D eigenvalue weighted by molar-refractivity contribution is 5.95. The highest BCUT2D eigenvalue weighted by atomic mass is 16.5. The van der Waals surface area contributed by atoms with Gasteiger partial charge in [-0.25, -0.2) is 4.79 Å². The van der Waals surface area contributed by atoms with E-state index in [0.29, 0.717) is 5.75 Å². The number of benzene rings is 1. The van der Waals surface area contributed by atoms with Crippen LogP contribution in [0.15, 0.2) is 12.1 Å². The Hall–Kier alpha value is -2.44. The van der Waals surface area contributed by atoms with Crippen LogP contribution in [0.5, 0.6) is 17.2 Å². The maximum atomic E-state index is 11.8. The molecule has 2 N–H and O–H groups in total. The molecule has 0 aliphatic rings. The van der Waals surface area contributed by atoms with Crippen LogP contribution in [0.4, 0.5) is 0 Å². The third kappa shape index (κ3) is 3.27. The second-order valence-electron chi connectivity index (χ2n) is 3.42. The number of ether oxygens (including phenoxy) is 4. The van der Waals surface area contributed by atoms with Crippen molar-refractivity contribution in [1.29, 1.82) is 0 Å². The average Bonchev–Trinajstić information content (AvgIpc) is 2.42. The van der Waals surface area contributed by atoms with Gasteiger partial charge in [-0.3, -0.25) is 4.79 Å². The number of methoxy groups -OCH3 is 3. The molecule has 7 heteroatoms. The molecule has 7 nitrogen and oxygen atoms in total. The number of hydrogen-bond acceptors (Lipinski definition) is 6. The molecule has 0 unspecified atom stereocenters. The Balaban J connectivity index is 3.13. The van der Waals surface area contributed by atoms with Crippen LogP contribution in [0.2, 0.25) is 0 Å². The number of carbonyl (C=O) groups is 2. The van der Waals surface area contributed by atoms with E-state index in [9.17, 15) is 9.59 Å². The molecule has 0 fully saturated rings. The Labute approximate surface area is 110 Å². The molecule has 0 aromatic heterocycles. The molecule has 0 spiro atoms. The predicted octanol–water partition coefficient (Wildman–Crippen LogP) is 0.354. The fourth-order valence-electron chi connectivity index (χ4n) is 1.48. The van der Waals surface area contributed by atoms with E-state index in [1.807, 2.05) is 0 Å². The number of nitrogens with two attached hydrogens (primary N) is 1. The van der Waals surface area contributed by atoms with E-state index >= 15 is 0 Å². The number of carbonyl (C=O) groups excluding carboxylic acids is 2. The molecule has 1 rings (SSSR count). The number of primary amides is 1. The van der Waals surface area contributed by atoms with Gasteiger partial charge in [0.25, 0.3) is 5.91 Å². The molecule has 0 bridgehead atoms. The van der Waals surface area contributed by atoms with Crippen molar-refractivity contribution in [2.24, 2.45) is 5.73 Å². The van der Waals surface area contributed by atoms with E-state index in [4.69, 9.17) is 24.7 Å². The van der Waals surface area contributed by atoms with Crippen LogP contribution in [-0.4, -0.2) is 39.8 Å². The first kappa shape index (κ1) is 14.6. The maximum absolute atomic E-state index is 11.8. The topological polar surface area (TPSA) is 97.1 Å². The zero-order valence-electron chi connectivity index (χ0n) is 10.9. The maximum Gasteiger partial charge on any atom is 0.342 e. The SMILES string of the molecule is COc1ccc(C(=O)OCC(N)=O)c(OC)c1OC. The Kier molecular flexibility index (Phi) is 4.99. The van der Waals surface area contributed by atoms with Gasteiger partial charge >= 0.3 is 5.97 Å². The largest absolute Gasteiger partial charge is 0.493 e. The molecular formula is C12H15NO6. The van der Waals surface area contributed by atoms with Gasteiger partial charge in [0.05, 0.1) is 21.3 Å². The van der Waals surface area contributed by atoms with Crippen molar-refractivity contribution in [2.45, 2.75) is 0 Å². The van der Waals surface area contributed by atoms with Crippen molar-refractivity contribution in [2.75, 3.05) is 27.9 Å². The minimum atomic E-state index is -0.743. The van der Waals surface area contributed by atoms with Crippen LogP contribution in [0.1, 0.15) is 10.4 Å². The third-order valence-corrected chi connectivity index (χ3v) is 2.27. The summed E-state index contributed by atoms with van der Waals surface area (Å²) in [4.78, 5) is 22.4. The lowest BCUT2D eigenvalue weighted by Gasteiger charge is -2.14. The smallest absolute Gasteiger partial charge is 0.342 e. The second-order valence-corrected chi connectivity index (χ2v) is 3.42. The highest BCUT2D eigenvalue weighted by Gasteiger charge is 2.21. The first-order valence-corrected chi connectivity index (χ1v) is 5.29. The van der Waals surface area contributed by atoms with Crippen molar-refractivity contribution in [3.05, 3.63) is 17.7 Å². The standard InChI is InChI=1S/C12H15NO6/c1-16-8-5-4-7(10(17-2)11(8)18-3)12(15)19-6-9(13)14/h4-5H,6H2,1-3H3,(H2,13,14). The molecule has 0 atom stereocenters. The molecule has 0 aliphatic heterocycles. The Morgan fingerprint density at radius 3 is 2.16 bits per heavy atom. The summed E-state index contributed by atoms with van der Waals surface area (Å²) in [7, 11) is 4.25. The van der Waals surface area contributed by atoms with Gasteiger partial charge in [-0.15, -0.1) is 0 Å². The van der Waals surface area contributed by atoms with E-state index in [-0.39, 0.29) is 17.1 Å². The van der Waals surface area contributed by atoms with Gasteiger partial charge < -0.3 is 24.7 Å². The van der Waals surface area contributed by atoms with Gasteiger partial charge in [0.15, 0.2) is 18.1 Å². The quantitative estimate of drug-likeness (QED) is 0.749. The second kappa shape index (κ2) is 6.48. The van der Waals surface area contributed by atoms with Gasteiger partial charge in [-0.2, -0.15) is 0 Å². The van der Waals surface area contributed by atoms with Gasteiger partial charge in [-0.05, 0) is 12.1 Å². The van der Waals surface area contributed by atoms with Crippen molar-refractivity contribution < 1.29 is 28.5 Å². The predicted molar refractivity (Wildman–Crippen MR) is 65.6 cm³/mol. The summed E-state index contributed by atoms with van der Waals surface area (Å²) in [6.45, 7) is -0.504. The zero-order valence-corrected chi connectivity index (χ0v) is 10.9. The summed E-state index contributed by atoms with van der Waals surface area (Å²) < 4.78 is 20.0. The van der Waals surface area contributed by atoms with Gasteiger partial charge in [0.1, 0.15) is 5.56 Å². The molecule has 0 saturated carbocycles. The first-order chi connectivity index (χ1) is 9.04.